The Labute approximate surface area is 167 Å². The van der Waals surface area contributed by atoms with Gasteiger partial charge in [-0.15, -0.1) is 11.3 Å². The number of amides is 2. The number of benzene rings is 2. The van der Waals surface area contributed by atoms with Crippen LogP contribution in [0.2, 0.25) is 0 Å². The second-order valence-electron chi connectivity index (χ2n) is 6.13. The molecule has 1 heterocycles. The molecule has 3 rings (SSSR count). The quantitative estimate of drug-likeness (QED) is 0.430. The van der Waals surface area contributed by atoms with Crippen LogP contribution >= 0.6 is 11.3 Å². The summed E-state index contributed by atoms with van der Waals surface area (Å²) in [6.45, 7) is 0.438. The van der Waals surface area contributed by atoms with Crippen LogP contribution in [0.25, 0.3) is 16.3 Å². The maximum atomic E-state index is 11.9. The van der Waals surface area contributed by atoms with Gasteiger partial charge >= 0.3 is 0 Å². The molecule has 0 aliphatic heterocycles. The summed E-state index contributed by atoms with van der Waals surface area (Å²) in [5, 5.41) is 3.96. The molecule has 0 saturated heterocycles. The van der Waals surface area contributed by atoms with Crippen LogP contribution in [0.3, 0.4) is 0 Å². The summed E-state index contributed by atoms with van der Waals surface area (Å²) >= 11 is 1.70. The zero-order valence-corrected chi connectivity index (χ0v) is 16.1. The monoisotopic (exact) mass is 395 g/mol. The number of aromatic nitrogens is 1. The Hall–Kier alpha value is -3.19. The molecule has 28 heavy (non-hydrogen) atoms. The highest BCUT2D eigenvalue weighted by molar-refractivity contribution is 7.18. The normalized spacial score (nSPS) is 11.0. The van der Waals surface area contributed by atoms with Crippen LogP contribution in [0.5, 0.6) is 5.75 Å². The summed E-state index contributed by atoms with van der Waals surface area (Å²) in [4.78, 5) is 27.2. The van der Waals surface area contributed by atoms with Gasteiger partial charge in [0.2, 0.25) is 5.91 Å². The van der Waals surface area contributed by atoms with Crippen LogP contribution in [-0.4, -0.2) is 29.9 Å². The van der Waals surface area contributed by atoms with E-state index >= 15 is 0 Å². The standard InChI is InChI=1S/C21H21N3O3S/c22-19(25)14-27-16-10-7-15(8-11-16)9-12-20(26)23-13-3-6-21-24-17-4-1-2-5-18(17)28-21/h1-2,4-5,7-12H,3,6,13-14H2,(H2,22,25)(H,23,26)/b12-9+. The Bertz CT molecular complexity index is 947. The number of ether oxygens (including phenoxy) is 1. The van der Waals surface area contributed by atoms with Crippen LogP contribution < -0.4 is 15.8 Å². The third-order valence-electron chi connectivity index (χ3n) is 3.89. The Balaban J connectivity index is 1.39. The number of carbonyl (C=O) groups excluding carboxylic acids is 2. The van der Waals surface area contributed by atoms with Gasteiger partial charge in [0, 0.05) is 19.0 Å². The number of nitrogens with one attached hydrogen (secondary N) is 1. The minimum atomic E-state index is -0.524. The fraction of sp³-hybridized carbons (Fsp3) is 0.190. The number of primary amides is 1. The van der Waals surface area contributed by atoms with Gasteiger partial charge in [0.1, 0.15) is 5.75 Å². The second-order valence-corrected chi connectivity index (χ2v) is 7.24. The predicted molar refractivity (Wildman–Crippen MR) is 111 cm³/mol. The summed E-state index contributed by atoms with van der Waals surface area (Å²) < 4.78 is 6.38. The van der Waals surface area contributed by atoms with Crippen LogP contribution in [0, 0.1) is 0 Å². The second kappa shape index (κ2) is 9.66. The van der Waals surface area contributed by atoms with Crippen molar-refractivity contribution in [2.45, 2.75) is 12.8 Å². The number of fused-ring (bicyclic) bond motifs is 1. The Morgan fingerprint density at radius 3 is 2.68 bits per heavy atom. The van der Waals surface area contributed by atoms with Crippen LogP contribution in [0.1, 0.15) is 17.0 Å². The van der Waals surface area contributed by atoms with E-state index < -0.39 is 5.91 Å². The van der Waals surface area contributed by atoms with Gasteiger partial charge in [-0.25, -0.2) is 4.98 Å². The highest BCUT2D eigenvalue weighted by Crippen LogP contribution is 2.22. The zero-order valence-electron chi connectivity index (χ0n) is 15.3. The van der Waals surface area contributed by atoms with E-state index in [0.717, 1.165) is 28.9 Å². The maximum absolute atomic E-state index is 11.9. The summed E-state index contributed by atoms with van der Waals surface area (Å²) in [5.41, 5.74) is 6.92. The van der Waals surface area contributed by atoms with Crippen molar-refractivity contribution in [2.75, 3.05) is 13.2 Å². The highest BCUT2D eigenvalue weighted by atomic mass is 32.1. The van der Waals surface area contributed by atoms with Crippen molar-refractivity contribution in [2.24, 2.45) is 5.73 Å². The molecular formula is C21H21N3O3S. The first-order valence-electron chi connectivity index (χ1n) is 8.92. The molecular weight excluding hydrogens is 374 g/mol. The number of thiazole rings is 1. The third-order valence-corrected chi connectivity index (χ3v) is 4.99. The predicted octanol–water partition coefficient (Wildman–Crippen LogP) is 2.92. The van der Waals surface area contributed by atoms with Crippen molar-refractivity contribution in [3.8, 4) is 5.75 Å². The number of nitrogens with zero attached hydrogens (tertiary/aromatic N) is 1. The van der Waals surface area contributed by atoms with E-state index in [1.54, 1.807) is 41.7 Å². The van der Waals surface area contributed by atoms with Crippen LogP contribution in [0.15, 0.2) is 54.6 Å². The van der Waals surface area contributed by atoms with Crippen LogP contribution in [0.4, 0.5) is 0 Å². The molecule has 3 N–H and O–H groups in total. The third kappa shape index (κ3) is 5.92. The van der Waals surface area contributed by atoms with Crippen molar-refractivity contribution in [3.05, 3.63) is 65.2 Å². The molecule has 7 heteroatoms. The van der Waals surface area contributed by atoms with Crippen molar-refractivity contribution in [1.82, 2.24) is 10.3 Å². The summed E-state index contributed by atoms with van der Waals surface area (Å²) in [5.74, 6) is -0.114. The lowest BCUT2D eigenvalue weighted by molar-refractivity contribution is -0.120. The molecule has 2 aromatic carbocycles. The molecule has 0 fully saturated rings. The molecule has 0 radical (unpaired) electrons. The van der Waals surface area contributed by atoms with Crippen LogP contribution in [-0.2, 0) is 16.0 Å². The van der Waals surface area contributed by atoms with E-state index in [1.165, 1.54) is 10.8 Å². The lowest BCUT2D eigenvalue weighted by Gasteiger charge is -2.03. The van der Waals surface area contributed by atoms with E-state index in [0.29, 0.717) is 12.3 Å². The fourth-order valence-corrected chi connectivity index (χ4v) is 3.55. The molecule has 144 valence electrons. The molecule has 0 spiro atoms. The van der Waals surface area contributed by atoms with Gasteiger partial charge in [-0.3, -0.25) is 9.59 Å². The van der Waals surface area contributed by atoms with Gasteiger partial charge in [-0.1, -0.05) is 24.3 Å². The summed E-state index contributed by atoms with van der Waals surface area (Å²) in [7, 11) is 0. The fourth-order valence-electron chi connectivity index (χ4n) is 2.54. The lowest BCUT2D eigenvalue weighted by atomic mass is 10.2. The number of hydrogen-bond donors (Lipinski definition) is 2. The van der Waals surface area contributed by atoms with Crippen molar-refractivity contribution in [1.29, 1.82) is 0 Å². The van der Waals surface area contributed by atoms with E-state index in [-0.39, 0.29) is 12.5 Å². The molecule has 2 amide bonds. The molecule has 0 aliphatic rings. The first-order valence-corrected chi connectivity index (χ1v) is 9.73. The number of carbonyl (C=O) groups is 2. The average Bonchev–Trinajstić information content (AvgIpc) is 3.11. The number of para-hydroxylation sites is 1. The minimum absolute atomic E-state index is 0.140. The van der Waals surface area contributed by atoms with Crippen molar-refractivity contribution in [3.63, 3.8) is 0 Å². The van der Waals surface area contributed by atoms with Gasteiger partial charge in [0.05, 0.1) is 15.2 Å². The highest BCUT2D eigenvalue weighted by Gasteiger charge is 2.03. The molecule has 0 aliphatic carbocycles. The Morgan fingerprint density at radius 1 is 1.14 bits per heavy atom. The van der Waals surface area contributed by atoms with Crippen molar-refractivity contribution < 1.29 is 14.3 Å². The lowest BCUT2D eigenvalue weighted by Crippen LogP contribution is -2.22. The van der Waals surface area contributed by atoms with Gasteiger partial charge in [0.25, 0.3) is 5.91 Å². The molecule has 0 saturated carbocycles. The molecule has 0 unspecified atom stereocenters. The summed E-state index contributed by atoms with van der Waals surface area (Å²) in [6.07, 6.45) is 4.90. The SMILES string of the molecule is NC(=O)COc1ccc(/C=C/C(=O)NCCCc2nc3ccccc3s2)cc1. The molecule has 6 nitrogen and oxygen atoms in total. The minimum Gasteiger partial charge on any atom is -0.484 e. The van der Waals surface area contributed by atoms with E-state index in [4.69, 9.17) is 10.5 Å². The number of nitrogens with two attached hydrogens (primary N) is 1. The molecule has 0 bridgehead atoms. The van der Waals surface area contributed by atoms with Gasteiger partial charge in [-0.2, -0.15) is 0 Å². The first-order chi connectivity index (χ1) is 13.6. The average molecular weight is 395 g/mol. The zero-order chi connectivity index (χ0) is 19.8. The largest absolute Gasteiger partial charge is 0.484 e. The molecule has 0 atom stereocenters. The topological polar surface area (TPSA) is 94.3 Å². The van der Waals surface area contributed by atoms with Gasteiger partial charge in [0.15, 0.2) is 6.61 Å². The Morgan fingerprint density at radius 2 is 1.93 bits per heavy atom. The number of hydrogen-bond acceptors (Lipinski definition) is 5. The maximum Gasteiger partial charge on any atom is 0.255 e. The van der Waals surface area contributed by atoms with Crippen molar-refractivity contribution >= 4 is 39.4 Å². The number of rotatable bonds is 9. The van der Waals surface area contributed by atoms with Gasteiger partial charge in [-0.05, 0) is 42.3 Å². The Kier molecular flexibility index (Phi) is 6.75. The van der Waals surface area contributed by atoms with Gasteiger partial charge < -0.3 is 15.8 Å². The molecule has 3 aromatic rings. The molecule has 1 aromatic heterocycles. The smallest absolute Gasteiger partial charge is 0.255 e. The summed E-state index contributed by atoms with van der Waals surface area (Å²) in [6, 6.07) is 15.1. The van der Waals surface area contributed by atoms with E-state index in [1.807, 2.05) is 18.2 Å². The number of aryl methyl sites for hydroxylation is 1. The van der Waals surface area contributed by atoms with E-state index in [2.05, 4.69) is 16.4 Å². The first kappa shape index (κ1) is 19.6. The van der Waals surface area contributed by atoms with E-state index in [9.17, 15) is 9.59 Å².